The molecular weight excluding hydrogens is 543 g/mol. The molecule has 11 heteroatoms. The Morgan fingerprint density at radius 2 is 1.32 bits per heavy atom. The van der Waals surface area contributed by atoms with E-state index in [-0.39, 0.29) is 30.1 Å². The van der Waals surface area contributed by atoms with Crippen LogP contribution >= 0.6 is 0 Å². The predicted molar refractivity (Wildman–Crippen MR) is 141 cm³/mol. The Morgan fingerprint density at radius 1 is 0.756 bits per heavy atom. The number of imide groups is 1. The number of halogens is 3. The maximum Gasteiger partial charge on any atom is 0.389 e. The number of hydrogen-bond donors (Lipinski definition) is 0. The first-order valence-electron chi connectivity index (χ1n) is 12.3. The molecule has 0 aromatic heterocycles. The highest BCUT2D eigenvalue weighted by Gasteiger charge is 2.26. The first-order valence-corrected chi connectivity index (χ1v) is 12.3. The monoisotopic (exact) mass is 565 g/mol. The van der Waals surface area contributed by atoms with Gasteiger partial charge in [-0.2, -0.15) is 13.2 Å². The van der Waals surface area contributed by atoms with Crippen LogP contribution in [0.4, 0.5) is 18.9 Å². The van der Waals surface area contributed by atoms with Gasteiger partial charge in [-0.05, 0) is 78.7 Å². The molecule has 2 amide bonds. The first kappa shape index (κ1) is 28.8. The zero-order valence-electron chi connectivity index (χ0n) is 21.3. The summed E-state index contributed by atoms with van der Waals surface area (Å²) in [5, 5.41) is 0. The Bertz CT molecular complexity index is 1460. The fourth-order valence-corrected chi connectivity index (χ4v) is 3.60. The number of carbonyl (C=O) groups is 4. The number of benzene rings is 3. The van der Waals surface area contributed by atoms with Crippen LogP contribution in [0.15, 0.2) is 91.0 Å². The fourth-order valence-electron chi connectivity index (χ4n) is 3.60. The van der Waals surface area contributed by atoms with Gasteiger partial charge in [-0.3, -0.25) is 9.59 Å². The summed E-state index contributed by atoms with van der Waals surface area (Å²) in [6.45, 7) is -0.0990. The van der Waals surface area contributed by atoms with Gasteiger partial charge in [-0.15, -0.1) is 0 Å². The van der Waals surface area contributed by atoms with E-state index in [0.717, 1.165) is 4.90 Å². The Hall–Kier alpha value is -5.19. The van der Waals surface area contributed by atoms with E-state index in [9.17, 15) is 32.3 Å². The molecule has 41 heavy (non-hydrogen) atoms. The molecule has 0 aliphatic carbocycles. The predicted octanol–water partition coefficient (Wildman–Crippen LogP) is 5.68. The molecule has 1 aliphatic heterocycles. The fraction of sp³-hybridized carbons (Fsp3) is 0.133. The van der Waals surface area contributed by atoms with Crippen LogP contribution < -0.4 is 19.1 Å². The van der Waals surface area contributed by atoms with E-state index in [4.69, 9.17) is 14.2 Å². The lowest BCUT2D eigenvalue weighted by Gasteiger charge is -2.13. The molecule has 0 saturated carbocycles. The molecule has 0 radical (unpaired) electrons. The summed E-state index contributed by atoms with van der Waals surface area (Å²) in [5.74, 6) is -1.39. The molecule has 0 unspecified atom stereocenters. The molecule has 0 N–H and O–H groups in total. The average molecular weight is 566 g/mol. The minimum Gasteiger partial charge on any atom is -0.494 e. The zero-order valence-corrected chi connectivity index (χ0v) is 21.3. The Kier molecular flexibility index (Phi) is 8.98. The minimum atomic E-state index is -4.23. The van der Waals surface area contributed by atoms with Crippen molar-refractivity contribution in [3.63, 3.8) is 0 Å². The number of amides is 2. The van der Waals surface area contributed by atoms with Crippen LogP contribution in [0.1, 0.15) is 28.8 Å². The van der Waals surface area contributed by atoms with Gasteiger partial charge in [0.25, 0.3) is 11.8 Å². The van der Waals surface area contributed by atoms with E-state index in [1.807, 2.05) is 0 Å². The van der Waals surface area contributed by atoms with Gasteiger partial charge in [-0.1, -0.05) is 12.1 Å². The molecule has 1 aliphatic rings. The maximum absolute atomic E-state index is 12.4. The minimum absolute atomic E-state index is 0.0990. The summed E-state index contributed by atoms with van der Waals surface area (Å²) in [7, 11) is 0. The van der Waals surface area contributed by atoms with E-state index in [2.05, 4.69) is 0 Å². The van der Waals surface area contributed by atoms with Crippen LogP contribution in [0.3, 0.4) is 0 Å². The van der Waals surface area contributed by atoms with Crippen molar-refractivity contribution >= 4 is 35.5 Å². The summed E-state index contributed by atoms with van der Waals surface area (Å²) in [6.07, 6.45) is -0.276. The van der Waals surface area contributed by atoms with Crippen molar-refractivity contribution < 1.29 is 46.6 Å². The summed E-state index contributed by atoms with van der Waals surface area (Å²) in [6, 6.07) is 18.0. The molecule has 0 fully saturated rings. The van der Waals surface area contributed by atoms with Crippen molar-refractivity contribution in [2.24, 2.45) is 0 Å². The van der Waals surface area contributed by atoms with Gasteiger partial charge < -0.3 is 14.2 Å². The standard InChI is InChI=1S/C30H22F3NO7/c31-30(32,33)18-1-19-39-23-11-5-21(6-12-23)29(38)41-25-9-2-20(3-10-25)4-17-28(37)40-24-13-7-22(8-14-24)34-26(35)15-16-27(34)36/h2-17H,1,18-19H2/b17-4+. The molecule has 8 nitrogen and oxygen atoms in total. The second-order valence-electron chi connectivity index (χ2n) is 8.64. The third-order valence-electron chi connectivity index (χ3n) is 5.59. The average Bonchev–Trinajstić information content (AvgIpc) is 3.28. The largest absolute Gasteiger partial charge is 0.494 e. The van der Waals surface area contributed by atoms with Crippen molar-refractivity contribution in [1.29, 1.82) is 0 Å². The van der Waals surface area contributed by atoms with Crippen LogP contribution in [-0.2, 0) is 14.4 Å². The lowest BCUT2D eigenvalue weighted by atomic mass is 10.2. The van der Waals surface area contributed by atoms with Crippen molar-refractivity contribution in [3.05, 3.63) is 102 Å². The van der Waals surface area contributed by atoms with Gasteiger partial charge in [-0.25, -0.2) is 14.5 Å². The Morgan fingerprint density at radius 3 is 1.93 bits per heavy atom. The molecule has 0 bridgehead atoms. The Labute approximate surface area is 232 Å². The summed E-state index contributed by atoms with van der Waals surface area (Å²) >= 11 is 0. The first-order chi connectivity index (χ1) is 19.6. The summed E-state index contributed by atoms with van der Waals surface area (Å²) < 4.78 is 52.4. The summed E-state index contributed by atoms with van der Waals surface area (Å²) in [4.78, 5) is 49.1. The van der Waals surface area contributed by atoms with Gasteiger partial charge in [0, 0.05) is 24.6 Å². The van der Waals surface area contributed by atoms with Crippen molar-refractivity contribution in [2.75, 3.05) is 11.5 Å². The molecule has 4 rings (SSSR count). The highest BCUT2D eigenvalue weighted by molar-refractivity contribution is 6.28. The van der Waals surface area contributed by atoms with E-state index in [1.54, 1.807) is 12.1 Å². The van der Waals surface area contributed by atoms with Gasteiger partial charge in [0.2, 0.25) is 0 Å². The molecule has 210 valence electrons. The number of rotatable bonds is 10. The van der Waals surface area contributed by atoms with E-state index in [0.29, 0.717) is 17.0 Å². The number of hydrogen-bond acceptors (Lipinski definition) is 7. The van der Waals surface area contributed by atoms with Crippen LogP contribution in [0.5, 0.6) is 17.2 Å². The van der Waals surface area contributed by atoms with Crippen LogP contribution in [0.25, 0.3) is 6.08 Å². The molecular formula is C30H22F3NO7. The molecule has 0 saturated heterocycles. The van der Waals surface area contributed by atoms with Crippen LogP contribution in [0.2, 0.25) is 0 Å². The lowest BCUT2D eigenvalue weighted by molar-refractivity contribution is -0.136. The van der Waals surface area contributed by atoms with E-state index < -0.39 is 36.4 Å². The zero-order chi connectivity index (χ0) is 29.4. The van der Waals surface area contributed by atoms with Crippen molar-refractivity contribution in [3.8, 4) is 17.2 Å². The highest BCUT2D eigenvalue weighted by Crippen LogP contribution is 2.24. The number of nitrogens with zero attached hydrogens (tertiary/aromatic N) is 1. The van der Waals surface area contributed by atoms with Gasteiger partial charge in [0.15, 0.2) is 0 Å². The van der Waals surface area contributed by atoms with Gasteiger partial charge in [0.05, 0.1) is 17.9 Å². The number of ether oxygens (including phenoxy) is 3. The van der Waals surface area contributed by atoms with E-state index >= 15 is 0 Å². The molecule has 3 aromatic rings. The third kappa shape index (κ3) is 8.40. The lowest BCUT2D eigenvalue weighted by Crippen LogP contribution is -2.29. The van der Waals surface area contributed by atoms with Crippen LogP contribution in [-0.4, -0.2) is 36.5 Å². The van der Waals surface area contributed by atoms with Gasteiger partial charge >= 0.3 is 18.1 Å². The number of anilines is 1. The van der Waals surface area contributed by atoms with E-state index in [1.165, 1.54) is 85.0 Å². The topological polar surface area (TPSA) is 99.2 Å². The SMILES string of the molecule is O=C(/C=C/c1ccc(OC(=O)c2ccc(OCCCC(F)(F)F)cc2)cc1)Oc1ccc(N2C(=O)C=CC2=O)cc1. The number of carbonyl (C=O) groups excluding carboxylic acids is 4. The quantitative estimate of drug-likeness (QED) is 0.103. The number of esters is 2. The second-order valence-corrected chi connectivity index (χ2v) is 8.64. The van der Waals surface area contributed by atoms with Crippen molar-refractivity contribution in [1.82, 2.24) is 0 Å². The van der Waals surface area contributed by atoms with Gasteiger partial charge in [0.1, 0.15) is 17.2 Å². The number of alkyl halides is 3. The normalized spacial score (nSPS) is 13.1. The second kappa shape index (κ2) is 12.8. The molecule has 0 spiro atoms. The molecule has 3 aromatic carbocycles. The Balaban J connectivity index is 1.24. The smallest absolute Gasteiger partial charge is 0.389 e. The third-order valence-corrected chi connectivity index (χ3v) is 5.59. The summed E-state index contributed by atoms with van der Waals surface area (Å²) in [5.41, 5.74) is 1.20. The molecule has 1 heterocycles. The maximum atomic E-state index is 12.4. The van der Waals surface area contributed by atoms with Crippen molar-refractivity contribution in [2.45, 2.75) is 19.0 Å². The highest BCUT2D eigenvalue weighted by atomic mass is 19.4. The molecule has 0 atom stereocenters. The van der Waals surface area contributed by atoms with Crippen LogP contribution in [0, 0.1) is 0 Å².